The highest BCUT2D eigenvalue weighted by molar-refractivity contribution is 7.87. The van der Waals surface area contributed by atoms with Gasteiger partial charge in [0.2, 0.25) is 0 Å². The minimum Gasteiger partial charge on any atom is -0.309 e. The molecule has 0 fully saturated rings. The highest BCUT2D eigenvalue weighted by atomic mass is 35.5. The molecule has 1 aliphatic rings. The Kier molecular flexibility index (Phi) is 6.42. The zero-order valence-electron chi connectivity index (χ0n) is 11.8. The van der Waals surface area contributed by atoms with Crippen LogP contribution < -0.4 is 10.0 Å². The van der Waals surface area contributed by atoms with Crippen LogP contribution in [0.2, 0.25) is 0 Å². The van der Waals surface area contributed by atoms with Crippen molar-refractivity contribution >= 4 is 22.6 Å². The predicted molar refractivity (Wildman–Crippen MR) is 82.9 cm³/mol. The highest BCUT2D eigenvalue weighted by Crippen LogP contribution is 2.17. The van der Waals surface area contributed by atoms with Crippen LogP contribution in [0.5, 0.6) is 0 Å². The average Bonchev–Trinajstić information content (AvgIpc) is 2.85. The number of fused-ring (bicyclic) bond motifs is 1. The van der Waals surface area contributed by atoms with Gasteiger partial charge < -0.3 is 5.32 Å². The molecule has 5 nitrogen and oxygen atoms in total. The van der Waals surface area contributed by atoms with Gasteiger partial charge in [-0.2, -0.15) is 17.4 Å². The molecule has 2 N–H and O–H groups in total. The van der Waals surface area contributed by atoms with Gasteiger partial charge in [0.1, 0.15) is 0 Å². The summed E-state index contributed by atoms with van der Waals surface area (Å²) >= 11 is 0. The summed E-state index contributed by atoms with van der Waals surface area (Å²) < 4.78 is 28.1. The van der Waals surface area contributed by atoms with E-state index in [1.54, 1.807) is 0 Å². The molecule has 0 saturated heterocycles. The van der Waals surface area contributed by atoms with Crippen molar-refractivity contribution in [3.63, 3.8) is 0 Å². The van der Waals surface area contributed by atoms with Crippen molar-refractivity contribution in [3.8, 4) is 0 Å². The Morgan fingerprint density at radius 3 is 2.50 bits per heavy atom. The third-order valence-electron chi connectivity index (χ3n) is 3.41. The van der Waals surface area contributed by atoms with E-state index < -0.39 is 10.2 Å². The Morgan fingerprint density at radius 2 is 1.85 bits per heavy atom. The fourth-order valence-corrected chi connectivity index (χ4v) is 3.50. The molecule has 0 atom stereocenters. The molecular weight excluding hydrogens is 298 g/mol. The van der Waals surface area contributed by atoms with Gasteiger partial charge in [0.05, 0.1) is 0 Å². The molecule has 0 unspecified atom stereocenters. The Labute approximate surface area is 127 Å². The second-order valence-corrected chi connectivity index (χ2v) is 6.37. The van der Waals surface area contributed by atoms with Crippen LogP contribution in [0, 0.1) is 0 Å². The summed E-state index contributed by atoms with van der Waals surface area (Å²) in [6.07, 6.45) is 0. The number of nitrogens with zero attached hydrogens (tertiary/aromatic N) is 1. The Hall–Kier alpha value is -0.660. The van der Waals surface area contributed by atoms with Crippen LogP contribution in [0.25, 0.3) is 0 Å². The minimum absolute atomic E-state index is 0. The summed E-state index contributed by atoms with van der Waals surface area (Å²) in [6.45, 7) is 6.76. The van der Waals surface area contributed by atoms with E-state index in [0.717, 1.165) is 18.7 Å². The standard InChI is InChI=1S/C13H21N3O2S.ClH/c1-3-16(4-2)19(17,18)15-8-11-5-6-12-9-14-10-13(12)7-11;/h5-7,14-15H,3-4,8-10H2,1-2H3;1H. The molecule has 0 aliphatic carbocycles. The quantitative estimate of drug-likeness (QED) is 0.833. The maximum atomic E-state index is 12.0. The fourth-order valence-electron chi connectivity index (χ4n) is 2.29. The lowest BCUT2D eigenvalue weighted by molar-refractivity contribution is 0.434. The van der Waals surface area contributed by atoms with E-state index in [2.05, 4.69) is 22.2 Å². The summed E-state index contributed by atoms with van der Waals surface area (Å²) in [4.78, 5) is 0. The van der Waals surface area contributed by atoms with Gasteiger partial charge in [-0.05, 0) is 16.7 Å². The maximum Gasteiger partial charge on any atom is 0.279 e. The Bertz CT molecular complexity index is 545. The molecule has 114 valence electrons. The minimum atomic E-state index is -3.37. The molecule has 1 aromatic rings. The molecular formula is C13H22ClN3O2S. The first-order valence-corrected chi connectivity index (χ1v) is 8.07. The van der Waals surface area contributed by atoms with Gasteiger partial charge in [0, 0.05) is 32.7 Å². The third-order valence-corrected chi connectivity index (χ3v) is 5.11. The van der Waals surface area contributed by atoms with Crippen molar-refractivity contribution in [2.75, 3.05) is 13.1 Å². The Balaban J connectivity index is 0.00000200. The van der Waals surface area contributed by atoms with E-state index in [4.69, 9.17) is 0 Å². The first kappa shape index (κ1) is 17.4. The lowest BCUT2D eigenvalue weighted by Gasteiger charge is -2.18. The number of nitrogens with one attached hydrogen (secondary N) is 2. The summed E-state index contributed by atoms with van der Waals surface area (Å²) in [6, 6.07) is 6.12. The van der Waals surface area contributed by atoms with E-state index in [0.29, 0.717) is 19.6 Å². The van der Waals surface area contributed by atoms with Gasteiger partial charge >= 0.3 is 0 Å². The molecule has 1 aromatic carbocycles. The molecule has 0 amide bonds. The number of hydrogen-bond donors (Lipinski definition) is 2. The summed E-state index contributed by atoms with van der Waals surface area (Å²) in [5, 5.41) is 3.28. The van der Waals surface area contributed by atoms with E-state index in [9.17, 15) is 8.42 Å². The van der Waals surface area contributed by atoms with Gasteiger partial charge in [0.25, 0.3) is 10.2 Å². The number of benzene rings is 1. The number of rotatable bonds is 6. The second kappa shape index (κ2) is 7.38. The van der Waals surface area contributed by atoms with Crippen LogP contribution in [0.15, 0.2) is 18.2 Å². The first-order chi connectivity index (χ1) is 9.06. The summed E-state index contributed by atoms with van der Waals surface area (Å²) in [5.41, 5.74) is 3.56. The fraction of sp³-hybridized carbons (Fsp3) is 0.538. The SMILES string of the molecule is CCN(CC)S(=O)(=O)NCc1ccc2c(c1)CNC2.Cl. The van der Waals surface area contributed by atoms with Crippen molar-refractivity contribution in [2.45, 2.75) is 33.5 Å². The molecule has 7 heteroatoms. The van der Waals surface area contributed by atoms with Gasteiger partial charge in [-0.3, -0.25) is 0 Å². The molecule has 2 rings (SSSR count). The molecule has 0 saturated carbocycles. The molecule has 0 spiro atoms. The monoisotopic (exact) mass is 319 g/mol. The van der Waals surface area contributed by atoms with Crippen LogP contribution >= 0.6 is 12.4 Å². The number of halogens is 1. The van der Waals surface area contributed by atoms with E-state index >= 15 is 0 Å². The van der Waals surface area contributed by atoms with Gasteiger partial charge in [-0.1, -0.05) is 32.0 Å². The molecule has 1 aliphatic heterocycles. The van der Waals surface area contributed by atoms with Crippen molar-refractivity contribution in [1.29, 1.82) is 0 Å². The van der Waals surface area contributed by atoms with Gasteiger partial charge in [-0.15, -0.1) is 12.4 Å². The van der Waals surface area contributed by atoms with E-state index in [-0.39, 0.29) is 12.4 Å². The predicted octanol–water partition coefficient (Wildman–Crippen LogP) is 1.39. The number of hydrogen-bond acceptors (Lipinski definition) is 3. The second-order valence-electron chi connectivity index (χ2n) is 4.62. The van der Waals surface area contributed by atoms with Crippen molar-refractivity contribution in [1.82, 2.24) is 14.3 Å². The normalized spacial score (nSPS) is 14.2. The van der Waals surface area contributed by atoms with Crippen LogP contribution in [0.3, 0.4) is 0 Å². The molecule has 1 heterocycles. The maximum absolute atomic E-state index is 12.0. The van der Waals surface area contributed by atoms with Gasteiger partial charge in [0.15, 0.2) is 0 Å². The molecule has 0 bridgehead atoms. The van der Waals surface area contributed by atoms with E-state index in [1.807, 2.05) is 19.9 Å². The van der Waals surface area contributed by atoms with Crippen molar-refractivity contribution in [2.24, 2.45) is 0 Å². The lowest BCUT2D eigenvalue weighted by Crippen LogP contribution is -2.40. The van der Waals surface area contributed by atoms with Crippen LogP contribution in [0.4, 0.5) is 0 Å². The zero-order valence-corrected chi connectivity index (χ0v) is 13.5. The third kappa shape index (κ3) is 3.93. The average molecular weight is 320 g/mol. The Morgan fingerprint density at radius 1 is 1.20 bits per heavy atom. The molecule has 0 aromatic heterocycles. The smallest absolute Gasteiger partial charge is 0.279 e. The van der Waals surface area contributed by atoms with Crippen molar-refractivity contribution in [3.05, 3.63) is 34.9 Å². The molecule has 20 heavy (non-hydrogen) atoms. The topological polar surface area (TPSA) is 61.4 Å². The summed E-state index contributed by atoms with van der Waals surface area (Å²) in [5.74, 6) is 0. The van der Waals surface area contributed by atoms with Crippen LogP contribution in [0.1, 0.15) is 30.5 Å². The largest absolute Gasteiger partial charge is 0.309 e. The van der Waals surface area contributed by atoms with Crippen LogP contribution in [-0.2, 0) is 29.8 Å². The molecule has 0 radical (unpaired) electrons. The lowest BCUT2D eigenvalue weighted by atomic mass is 10.1. The van der Waals surface area contributed by atoms with Crippen molar-refractivity contribution < 1.29 is 8.42 Å². The first-order valence-electron chi connectivity index (χ1n) is 6.63. The van der Waals surface area contributed by atoms with Gasteiger partial charge in [-0.25, -0.2) is 0 Å². The summed E-state index contributed by atoms with van der Waals surface area (Å²) in [7, 11) is -3.37. The van der Waals surface area contributed by atoms with Crippen LogP contribution in [-0.4, -0.2) is 25.8 Å². The highest BCUT2D eigenvalue weighted by Gasteiger charge is 2.18. The zero-order chi connectivity index (χ0) is 13.9. The van der Waals surface area contributed by atoms with E-state index in [1.165, 1.54) is 15.4 Å².